The Morgan fingerprint density at radius 3 is 2.45 bits per heavy atom. The number of guanidine groups is 1. The molecule has 7 heteroatoms. The molecular formula is C24H34FN5O. The van der Waals surface area contributed by atoms with Gasteiger partial charge in [0.1, 0.15) is 5.82 Å². The van der Waals surface area contributed by atoms with E-state index in [-0.39, 0.29) is 18.3 Å². The zero-order chi connectivity index (χ0) is 22.1. The van der Waals surface area contributed by atoms with Gasteiger partial charge in [-0.25, -0.2) is 4.39 Å². The van der Waals surface area contributed by atoms with Crippen LogP contribution in [0.1, 0.15) is 24.0 Å². The summed E-state index contributed by atoms with van der Waals surface area (Å²) < 4.78 is 14.8. The molecule has 31 heavy (non-hydrogen) atoms. The van der Waals surface area contributed by atoms with Crippen LogP contribution in [-0.2, 0) is 6.54 Å². The molecule has 1 fully saturated rings. The molecule has 0 aliphatic carbocycles. The molecule has 1 unspecified atom stereocenters. The fourth-order valence-electron chi connectivity index (χ4n) is 3.86. The maximum Gasteiger partial charge on any atom is 0.191 e. The highest BCUT2D eigenvalue weighted by atomic mass is 19.1. The van der Waals surface area contributed by atoms with Gasteiger partial charge in [0, 0.05) is 52.2 Å². The number of likely N-dealkylation sites (N-methyl/N-ethyl adjacent to an activating group) is 1. The molecule has 0 bridgehead atoms. The molecule has 0 aromatic heterocycles. The Hall–Kier alpha value is -2.64. The van der Waals surface area contributed by atoms with Crippen molar-refractivity contribution in [3.8, 4) is 0 Å². The van der Waals surface area contributed by atoms with Crippen LogP contribution in [0.4, 0.5) is 10.1 Å². The van der Waals surface area contributed by atoms with Crippen molar-refractivity contribution in [3.05, 3.63) is 65.5 Å². The van der Waals surface area contributed by atoms with Crippen LogP contribution in [0.2, 0.25) is 0 Å². The first-order valence-corrected chi connectivity index (χ1v) is 11.0. The first-order valence-electron chi connectivity index (χ1n) is 11.0. The summed E-state index contributed by atoms with van der Waals surface area (Å²) in [6, 6.07) is 15.3. The summed E-state index contributed by atoms with van der Waals surface area (Å²) in [5, 5.41) is 16.2. The molecule has 0 radical (unpaired) electrons. The number of aliphatic hydroxyl groups excluding tert-OH is 1. The first kappa shape index (κ1) is 23.0. The zero-order valence-electron chi connectivity index (χ0n) is 18.5. The van der Waals surface area contributed by atoms with Gasteiger partial charge in [-0.15, -0.1) is 0 Å². The molecule has 1 aliphatic heterocycles. The molecule has 0 amide bonds. The predicted molar refractivity (Wildman–Crippen MR) is 125 cm³/mol. The van der Waals surface area contributed by atoms with Crippen molar-refractivity contribution in [1.29, 1.82) is 0 Å². The van der Waals surface area contributed by atoms with Gasteiger partial charge in [-0.2, -0.15) is 0 Å². The van der Waals surface area contributed by atoms with Gasteiger partial charge in [-0.1, -0.05) is 43.3 Å². The van der Waals surface area contributed by atoms with Crippen LogP contribution in [0.3, 0.4) is 0 Å². The molecule has 0 saturated carbocycles. The SMILES string of the molecule is CCN1CCN(c2ccc(CNC(=NC)NCC(CO)c3ccccc3)cc2F)CC1. The normalized spacial score (nSPS) is 16.3. The number of aliphatic imine (C=N–C) groups is 1. The fraction of sp³-hybridized carbons (Fsp3) is 0.458. The molecule has 1 heterocycles. The minimum atomic E-state index is -0.184. The lowest BCUT2D eigenvalue weighted by molar-refractivity contribution is 0.265. The van der Waals surface area contributed by atoms with E-state index in [9.17, 15) is 9.50 Å². The first-order chi connectivity index (χ1) is 15.1. The molecule has 168 valence electrons. The van der Waals surface area contributed by atoms with Crippen LogP contribution in [0.25, 0.3) is 0 Å². The van der Waals surface area contributed by atoms with Crippen LogP contribution in [-0.4, -0.2) is 68.9 Å². The van der Waals surface area contributed by atoms with Crippen LogP contribution in [0, 0.1) is 5.82 Å². The third kappa shape index (κ3) is 6.42. The summed E-state index contributed by atoms with van der Waals surface area (Å²) in [6.45, 7) is 7.92. The highest BCUT2D eigenvalue weighted by Gasteiger charge is 2.18. The van der Waals surface area contributed by atoms with Gasteiger partial charge >= 0.3 is 0 Å². The average molecular weight is 428 g/mol. The van der Waals surface area contributed by atoms with E-state index in [1.807, 2.05) is 42.5 Å². The number of hydrogen-bond acceptors (Lipinski definition) is 4. The fourth-order valence-corrected chi connectivity index (χ4v) is 3.86. The second-order valence-corrected chi connectivity index (χ2v) is 7.80. The number of aliphatic hydroxyl groups is 1. The zero-order valence-corrected chi connectivity index (χ0v) is 18.5. The van der Waals surface area contributed by atoms with E-state index in [0.29, 0.717) is 24.7 Å². The number of rotatable bonds is 8. The predicted octanol–water partition coefficient (Wildman–Crippen LogP) is 2.41. The lowest BCUT2D eigenvalue weighted by Crippen LogP contribution is -2.46. The number of nitrogens with zero attached hydrogens (tertiary/aromatic N) is 3. The summed E-state index contributed by atoms with van der Waals surface area (Å²) in [7, 11) is 1.70. The second-order valence-electron chi connectivity index (χ2n) is 7.80. The Morgan fingerprint density at radius 1 is 1.10 bits per heavy atom. The van der Waals surface area contributed by atoms with E-state index < -0.39 is 0 Å². The van der Waals surface area contributed by atoms with Crippen LogP contribution in [0.15, 0.2) is 53.5 Å². The number of anilines is 1. The summed E-state index contributed by atoms with van der Waals surface area (Å²) >= 11 is 0. The van der Waals surface area contributed by atoms with Crippen molar-refractivity contribution in [2.45, 2.75) is 19.4 Å². The van der Waals surface area contributed by atoms with Crippen molar-refractivity contribution in [2.24, 2.45) is 4.99 Å². The maximum atomic E-state index is 14.8. The van der Waals surface area contributed by atoms with Gasteiger partial charge in [0.15, 0.2) is 5.96 Å². The standard InChI is InChI=1S/C24H34FN5O/c1-3-29-11-13-30(14-12-29)23-10-9-19(15-22(23)25)16-27-24(26-2)28-17-21(18-31)20-7-5-4-6-8-20/h4-10,15,21,31H,3,11-14,16-18H2,1-2H3,(H2,26,27,28). The minimum Gasteiger partial charge on any atom is -0.396 e. The lowest BCUT2D eigenvalue weighted by atomic mass is 10.0. The highest BCUT2D eigenvalue weighted by molar-refractivity contribution is 5.79. The summed E-state index contributed by atoms with van der Waals surface area (Å²) in [5.41, 5.74) is 2.61. The number of benzene rings is 2. The van der Waals surface area contributed by atoms with Gasteiger partial charge in [0.25, 0.3) is 0 Å². The van der Waals surface area contributed by atoms with Crippen LogP contribution >= 0.6 is 0 Å². The summed E-state index contributed by atoms with van der Waals surface area (Å²) in [5.74, 6) is 0.413. The maximum absolute atomic E-state index is 14.8. The highest BCUT2D eigenvalue weighted by Crippen LogP contribution is 2.22. The van der Waals surface area contributed by atoms with Gasteiger partial charge < -0.3 is 25.5 Å². The molecule has 0 spiro atoms. The smallest absolute Gasteiger partial charge is 0.191 e. The van der Waals surface area contributed by atoms with Gasteiger partial charge in [-0.3, -0.25) is 4.99 Å². The van der Waals surface area contributed by atoms with E-state index in [0.717, 1.165) is 43.9 Å². The molecule has 3 N–H and O–H groups in total. The molecule has 2 aromatic rings. The average Bonchev–Trinajstić information content (AvgIpc) is 2.82. The Labute approximate surface area is 184 Å². The van der Waals surface area contributed by atoms with Crippen molar-refractivity contribution in [1.82, 2.24) is 15.5 Å². The van der Waals surface area contributed by atoms with Gasteiger partial charge in [0.2, 0.25) is 0 Å². The van der Waals surface area contributed by atoms with Crippen molar-refractivity contribution < 1.29 is 9.50 Å². The number of piperazine rings is 1. The van der Waals surface area contributed by atoms with Crippen molar-refractivity contribution >= 4 is 11.6 Å². The van der Waals surface area contributed by atoms with Crippen molar-refractivity contribution in [2.75, 3.05) is 57.8 Å². The Bertz CT molecular complexity index is 837. The van der Waals surface area contributed by atoms with Gasteiger partial charge in [-0.05, 0) is 29.8 Å². The van der Waals surface area contributed by atoms with Gasteiger partial charge in [0.05, 0.1) is 12.3 Å². The Kier molecular flexibility index (Phi) is 8.67. The lowest BCUT2D eigenvalue weighted by Gasteiger charge is -2.35. The second kappa shape index (κ2) is 11.7. The van der Waals surface area contributed by atoms with Crippen molar-refractivity contribution in [3.63, 3.8) is 0 Å². The quantitative estimate of drug-likeness (QED) is 0.446. The Balaban J connectivity index is 1.52. The summed E-state index contributed by atoms with van der Waals surface area (Å²) in [6.07, 6.45) is 0. The van der Waals surface area contributed by atoms with Crippen LogP contribution < -0.4 is 15.5 Å². The monoisotopic (exact) mass is 427 g/mol. The van der Waals surface area contributed by atoms with E-state index in [2.05, 4.69) is 32.3 Å². The Morgan fingerprint density at radius 2 is 1.84 bits per heavy atom. The topological polar surface area (TPSA) is 63.1 Å². The van der Waals surface area contributed by atoms with E-state index in [1.165, 1.54) is 0 Å². The molecule has 1 aliphatic rings. The molecule has 1 saturated heterocycles. The molecule has 6 nitrogen and oxygen atoms in total. The van der Waals surface area contributed by atoms with E-state index in [4.69, 9.17) is 0 Å². The molecule has 3 rings (SSSR count). The number of halogens is 1. The van der Waals surface area contributed by atoms with E-state index in [1.54, 1.807) is 13.1 Å². The third-order valence-electron chi connectivity index (χ3n) is 5.86. The molecule has 2 aromatic carbocycles. The number of hydrogen-bond donors (Lipinski definition) is 3. The van der Waals surface area contributed by atoms with Crippen LogP contribution in [0.5, 0.6) is 0 Å². The summed E-state index contributed by atoms with van der Waals surface area (Å²) in [4.78, 5) is 8.74. The number of nitrogens with one attached hydrogen (secondary N) is 2. The third-order valence-corrected chi connectivity index (χ3v) is 5.86. The largest absolute Gasteiger partial charge is 0.396 e. The molecule has 1 atom stereocenters. The van der Waals surface area contributed by atoms with E-state index >= 15 is 0 Å². The minimum absolute atomic E-state index is 0.0235. The molecular weight excluding hydrogens is 393 g/mol.